The zero-order chi connectivity index (χ0) is 35.7. The molecule has 0 aromatic heterocycles. The Balaban J connectivity index is 2.03. The first kappa shape index (κ1) is 40.5. The van der Waals surface area contributed by atoms with Crippen LogP contribution in [0.5, 0.6) is 0 Å². The molecule has 1 atom stereocenters. The van der Waals surface area contributed by atoms with Crippen molar-refractivity contribution in [2.24, 2.45) is 11.8 Å². The summed E-state index contributed by atoms with van der Waals surface area (Å²) in [6.45, 7) is 13.5. The van der Waals surface area contributed by atoms with Crippen molar-refractivity contribution in [1.29, 1.82) is 0 Å². The summed E-state index contributed by atoms with van der Waals surface area (Å²) in [5, 5.41) is 5.94. The fourth-order valence-electron chi connectivity index (χ4n) is 4.92. The van der Waals surface area contributed by atoms with E-state index >= 15 is 0 Å². The maximum Gasteiger partial charge on any atom is 0.511 e. The molecule has 0 aliphatic carbocycles. The second kappa shape index (κ2) is 20.7. The number of urea groups is 1. The Morgan fingerprint density at radius 2 is 1.50 bits per heavy atom. The van der Waals surface area contributed by atoms with Crippen LogP contribution >= 0.6 is 7.82 Å². The lowest BCUT2D eigenvalue weighted by atomic mass is 9.92. The van der Waals surface area contributed by atoms with Crippen LogP contribution in [0.25, 0.3) is 0 Å². The molecule has 0 saturated carbocycles. The smallest absolute Gasteiger partial charge is 0.434 e. The van der Waals surface area contributed by atoms with Gasteiger partial charge in [0.2, 0.25) is 6.79 Å². The van der Waals surface area contributed by atoms with E-state index < -0.39 is 26.7 Å². The highest BCUT2D eigenvalue weighted by atomic mass is 31.2. The molecule has 0 heterocycles. The first-order valence-electron chi connectivity index (χ1n) is 16.4. The molecule has 0 radical (unpaired) electrons. The number of carbonyl (C=O) groups is 3. The number of carbonyl (C=O) groups excluding carboxylic acids is 3. The fourth-order valence-corrected chi connectivity index (χ4v) is 5.29. The minimum Gasteiger partial charge on any atom is -0.434 e. The van der Waals surface area contributed by atoms with Crippen molar-refractivity contribution < 1.29 is 47.5 Å². The van der Waals surface area contributed by atoms with Crippen molar-refractivity contribution in [3.63, 3.8) is 0 Å². The first-order chi connectivity index (χ1) is 22.7. The molecule has 0 saturated heterocycles. The van der Waals surface area contributed by atoms with Gasteiger partial charge in [-0.3, -0.25) is 9.32 Å². The number of nitrogens with one attached hydrogen (secondary N) is 2. The molecular formula is C34H52N3O10P. The zero-order valence-electron chi connectivity index (χ0n) is 28.9. The maximum atomic E-state index is 13.1. The van der Waals surface area contributed by atoms with E-state index in [1.807, 2.05) is 56.3 Å². The Bertz CT molecular complexity index is 1340. The van der Waals surface area contributed by atoms with Crippen molar-refractivity contribution in [2.45, 2.75) is 79.6 Å². The molecule has 0 spiro atoms. The number of rotatable bonds is 20. The van der Waals surface area contributed by atoms with Gasteiger partial charge >= 0.3 is 26.0 Å². The highest BCUT2D eigenvalue weighted by molar-refractivity contribution is 7.46. The van der Waals surface area contributed by atoms with E-state index in [1.165, 1.54) is 0 Å². The Morgan fingerprint density at radius 3 is 2.10 bits per heavy atom. The lowest BCUT2D eigenvalue weighted by Crippen LogP contribution is -2.32. The van der Waals surface area contributed by atoms with Gasteiger partial charge in [-0.25, -0.2) is 14.2 Å². The monoisotopic (exact) mass is 693 g/mol. The molecule has 0 aliphatic heterocycles. The van der Waals surface area contributed by atoms with Crippen LogP contribution in [-0.2, 0) is 28.1 Å². The van der Waals surface area contributed by atoms with E-state index in [9.17, 15) is 18.9 Å². The third kappa shape index (κ3) is 16.5. The summed E-state index contributed by atoms with van der Waals surface area (Å²) >= 11 is 0. The minimum absolute atomic E-state index is 0.0294. The Kier molecular flexibility index (Phi) is 17.5. The number of hydrogen-bond donors (Lipinski definition) is 4. The fraction of sp³-hybridized carbons (Fsp3) is 0.559. The second-order valence-electron chi connectivity index (χ2n) is 12.5. The number of unbranched alkanes of at least 4 members (excludes halogenated alkanes) is 2. The van der Waals surface area contributed by atoms with E-state index in [4.69, 9.17) is 24.0 Å². The van der Waals surface area contributed by atoms with E-state index in [0.717, 1.165) is 29.9 Å². The standard InChI is InChI=1S/C34H52N3O10P/c1-7-27(20-32(38)45-23-46-34(40)44-17-9-8-10-18-47-48(41,42)43)28-13-16-31(37(21-24(2)3)22-25(4)5)30(19-28)36-33(39)35-29-14-11-26(6)12-15-29/h11-16,19,24-25,27H,7-10,17-18,20-23H2,1-6H3,(H2,35,36,39)(H2,41,42,43). The highest BCUT2D eigenvalue weighted by Gasteiger charge is 2.21. The molecule has 2 aromatic carbocycles. The number of phosphoric acid groups is 1. The van der Waals surface area contributed by atoms with Crippen LogP contribution in [-0.4, -0.2) is 61.0 Å². The summed E-state index contributed by atoms with van der Waals surface area (Å²) < 4.78 is 29.9. The quantitative estimate of drug-likeness (QED) is 0.0466. The SMILES string of the molecule is CCC(CC(=O)OCOC(=O)OCCCCCOP(=O)(O)O)c1ccc(N(CC(C)C)CC(C)C)c(NC(=O)Nc2ccc(C)cc2)c1. The van der Waals surface area contributed by atoms with Gasteiger partial charge in [-0.05, 0) is 80.2 Å². The molecule has 14 heteroatoms. The van der Waals surface area contributed by atoms with Crippen LogP contribution in [0.2, 0.25) is 0 Å². The van der Waals surface area contributed by atoms with Gasteiger partial charge in [0.25, 0.3) is 0 Å². The molecule has 0 bridgehead atoms. The predicted molar refractivity (Wildman–Crippen MR) is 185 cm³/mol. The molecule has 0 fully saturated rings. The average molecular weight is 694 g/mol. The number of nitrogens with zero attached hydrogens (tertiary/aromatic N) is 1. The minimum atomic E-state index is -4.49. The lowest BCUT2D eigenvalue weighted by Gasteiger charge is -2.31. The van der Waals surface area contributed by atoms with Crippen molar-refractivity contribution >= 4 is 43.0 Å². The highest BCUT2D eigenvalue weighted by Crippen LogP contribution is 2.36. The van der Waals surface area contributed by atoms with E-state index in [-0.39, 0.29) is 31.6 Å². The van der Waals surface area contributed by atoms with Gasteiger partial charge in [-0.2, -0.15) is 0 Å². The number of esters is 1. The number of aryl methyl sites for hydroxylation is 1. The van der Waals surface area contributed by atoms with Crippen LogP contribution in [0, 0.1) is 18.8 Å². The van der Waals surface area contributed by atoms with Gasteiger partial charge in [0.1, 0.15) is 0 Å². The molecular weight excluding hydrogens is 641 g/mol. The lowest BCUT2D eigenvalue weighted by molar-refractivity contribution is -0.153. The van der Waals surface area contributed by atoms with E-state index in [2.05, 4.69) is 47.8 Å². The Labute approximate surface area is 283 Å². The maximum absolute atomic E-state index is 13.1. The van der Waals surface area contributed by atoms with Crippen LogP contribution in [0.3, 0.4) is 0 Å². The first-order valence-corrected chi connectivity index (χ1v) is 17.9. The number of phosphoric ester groups is 1. The van der Waals surface area contributed by atoms with Crippen molar-refractivity contribution in [3.8, 4) is 0 Å². The topological polar surface area (TPSA) is 173 Å². The van der Waals surface area contributed by atoms with Gasteiger partial charge < -0.3 is 39.5 Å². The molecule has 1 unspecified atom stereocenters. The predicted octanol–water partition coefficient (Wildman–Crippen LogP) is 7.57. The number of hydrogen-bond acceptors (Lipinski definition) is 9. The largest absolute Gasteiger partial charge is 0.511 e. The Morgan fingerprint density at radius 1 is 0.854 bits per heavy atom. The van der Waals surface area contributed by atoms with Crippen molar-refractivity contribution in [3.05, 3.63) is 53.6 Å². The number of amides is 2. The van der Waals surface area contributed by atoms with Crippen LogP contribution < -0.4 is 15.5 Å². The molecule has 268 valence electrons. The van der Waals surface area contributed by atoms with Crippen molar-refractivity contribution in [1.82, 2.24) is 0 Å². The van der Waals surface area contributed by atoms with Gasteiger partial charge in [-0.1, -0.05) is 58.4 Å². The summed E-state index contributed by atoms with van der Waals surface area (Å²) in [6, 6.07) is 13.0. The molecule has 48 heavy (non-hydrogen) atoms. The summed E-state index contributed by atoms with van der Waals surface area (Å²) in [4.78, 5) is 57.2. The molecule has 2 amide bonds. The summed E-state index contributed by atoms with van der Waals surface area (Å²) in [5.41, 5.74) is 4.13. The Hall–Kier alpha value is -3.64. The molecule has 2 rings (SSSR count). The third-order valence-electron chi connectivity index (χ3n) is 7.13. The van der Waals surface area contributed by atoms with Gasteiger partial charge in [0, 0.05) is 18.8 Å². The van der Waals surface area contributed by atoms with Crippen LogP contribution in [0.4, 0.5) is 26.7 Å². The number of benzene rings is 2. The van der Waals surface area contributed by atoms with E-state index in [1.54, 1.807) is 0 Å². The number of ether oxygens (including phenoxy) is 3. The summed E-state index contributed by atoms with van der Waals surface area (Å²) in [6.07, 6.45) is 0.991. The van der Waals surface area contributed by atoms with Gasteiger partial charge in [-0.15, -0.1) is 0 Å². The van der Waals surface area contributed by atoms with Gasteiger partial charge in [0.15, 0.2) is 0 Å². The molecule has 4 N–H and O–H groups in total. The molecule has 2 aromatic rings. The van der Waals surface area contributed by atoms with Gasteiger partial charge in [0.05, 0.1) is 31.0 Å². The zero-order valence-corrected chi connectivity index (χ0v) is 29.8. The normalized spacial score (nSPS) is 12.0. The third-order valence-corrected chi connectivity index (χ3v) is 7.65. The van der Waals surface area contributed by atoms with Crippen LogP contribution in [0.15, 0.2) is 42.5 Å². The number of anilines is 3. The molecule has 13 nitrogen and oxygen atoms in total. The van der Waals surface area contributed by atoms with Crippen molar-refractivity contribution in [2.75, 3.05) is 48.6 Å². The summed E-state index contributed by atoms with van der Waals surface area (Å²) in [7, 11) is -4.49. The second-order valence-corrected chi connectivity index (χ2v) is 13.7. The average Bonchev–Trinajstić information content (AvgIpc) is 2.99. The van der Waals surface area contributed by atoms with E-state index in [0.29, 0.717) is 48.9 Å². The van der Waals surface area contributed by atoms with Crippen LogP contribution in [0.1, 0.15) is 83.8 Å². The molecule has 0 aliphatic rings. The summed E-state index contributed by atoms with van der Waals surface area (Å²) in [5.74, 6) is -0.00872.